The SMILES string of the molecule is COC(=O)C(O)(CC(=O)Nc1ccccc1C(N)=O)C(F)(F)F. The number of benzene rings is 1. The van der Waals surface area contributed by atoms with Crippen molar-refractivity contribution >= 4 is 23.5 Å². The number of anilines is 1. The Balaban J connectivity index is 3.03. The highest BCUT2D eigenvalue weighted by Crippen LogP contribution is 2.34. The summed E-state index contributed by atoms with van der Waals surface area (Å²) >= 11 is 0. The Labute approximate surface area is 128 Å². The van der Waals surface area contributed by atoms with E-state index in [9.17, 15) is 32.7 Å². The van der Waals surface area contributed by atoms with Crippen LogP contribution in [-0.2, 0) is 14.3 Å². The van der Waals surface area contributed by atoms with E-state index in [0.29, 0.717) is 7.11 Å². The van der Waals surface area contributed by atoms with E-state index in [2.05, 4.69) is 4.74 Å². The van der Waals surface area contributed by atoms with Gasteiger partial charge in [-0.3, -0.25) is 9.59 Å². The zero-order chi connectivity index (χ0) is 17.8. The van der Waals surface area contributed by atoms with Crippen LogP contribution < -0.4 is 11.1 Å². The van der Waals surface area contributed by atoms with Gasteiger partial charge in [0.1, 0.15) is 0 Å². The fourth-order valence-electron chi connectivity index (χ4n) is 1.69. The first-order chi connectivity index (χ1) is 10.5. The van der Waals surface area contributed by atoms with Crippen LogP contribution in [0, 0.1) is 0 Å². The number of ether oxygens (including phenoxy) is 1. The molecule has 2 amide bonds. The number of carbonyl (C=O) groups is 3. The molecule has 0 aliphatic heterocycles. The summed E-state index contributed by atoms with van der Waals surface area (Å²) in [6, 6.07) is 5.30. The lowest BCUT2D eigenvalue weighted by molar-refractivity contribution is -0.261. The molecule has 0 aliphatic carbocycles. The quantitative estimate of drug-likeness (QED) is 0.681. The summed E-state index contributed by atoms with van der Waals surface area (Å²) in [7, 11) is 0.638. The van der Waals surface area contributed by atoms with Gasteiger partial charge in [-0.25, -0.2) is 4.79 Å². The monoisotopic (exact) mass is 334 g/mol. The molecule has 126 valence electrons. The van der Waals surface area contributed by atoms with Gasteiger partial charge in [-0.1, -0.05) is 12.1 Å². The number of nitrogens with two attached hydrogens (primary N) is 1. The van der Waals surface area contributed by atoms with E-state index in [1.807, 2.05) is 5.32 Å². The number of esters is 1. The molecule has 23 heavy (non-hydrogen) atoms. The van der Waals surface area contributed by atoms with E-state index in [1.54, 1.807) is 0 Å². The second-order valence-electron chi connectivity index (χ2n) is 4.48. The van der Waals surface area contributed by atoms with Crippen molar-refractivity contribution in [3.8, 4) is 0 Å². The summed E-state index contributed by atoms with van der Waals surface area (Å²) in [5.41, 5.74) is 0.759. The normalized spacial score (nSPS) is 13.8. The fraction of sp³-hybridized carbons (Fsp3) is 0.308. The first-order valence-corrected chi connectivity index (χ1v) is 6.09. The topological polar surface area (TPSA) is 119 Å². The molecule has 0 aliphatic rings. The maximum Gasteiger partial charge on any atom is 0.428 e. The van der Waals surface area contributed by atoms with Gasteiger partial charge in [0, 0.05) is 0 Å². The first kappa shape index (κ1) is 18.4. The summed E-state index contributed by atoms with van der Waals surface area (Å²) in [6.45, 7) is 0. The molecule has 10 heteroatoms. The zero-order valence-electron chi connectivity index (χ0n) is 11.8. The van der Waals surface area contributed by atoms with Crippen molar-refractivity contribution in [2.24, 2.45) is 5.73 Å². The first-order valence-electron chi connectivity index (χ1n) is 6.09. The summed E-state index contributed by atoms with van der Waals surface area (Å²) < 4.78 is 42.4. The predicted molar refractivity (Wildman–Crippen MR) is 71.2 cm³/mol. The Hall–Kier alpha value is -2.62. The second kappa shape index (κ2) is 6.65. The summed E-state index contributed by atoms with van der Waals surface area (Å²) in [4.78, 5) is 34.1. The van der Waals surface area contributed by atoms with Gasteiger partial charge < -0.3 is 20.9 Å². The molecule has 0 bridgehead atoms. The smallest absolute Gasteiger partial charge is 0.428 e. The minimum atomic E-state index is -5.43. The number of halogens is 3. The second-order valence-corrected chi connectivity index (χ2v) is 4.48. The number of methoxy groups -OCH3 is 1. The van der Waals surface area contributed by atoms with E-state index in [4.69, 9.17) is 5.73 Å². The molecule has 1 aromatic rings. The highest BCUT2D eigenvalue weighted by Gasteiger charge is 2.61. The average molecular weight is 334 g/mol. The summed E-state index contributed by atoms with van der Waals surface area (Å²) in [5.74, 6) is -4.30. The molecular weight excluding hydrogens is 321 g/mol. The minimum absolute atomic E-state index is 0.144. The predicted octanol–water partition coefficient (Wildman–Crippen LogP) is 0.580. The number of hydrogen-bond acceptors (Lipinski definition) is 5. The third kappa shape index (κ3) is 3.97. The van der Waals surface area contributed by atoms with Crippen molar-refractivity contribution in [1.82, 2.24) is 0 Å². The summed E-state index contributed by atoms with van der Waals surface area (Å²) in [6.07, 6.45) is -7.07. The zero-order valence-corrected chi connectivity index (χ0v) is 11.8. The lowest BCUT2D eigenvalue weighted by Gasteiger charge is -2.27. The van der Waals surface area contributed by atoms with E-state index < -0.39 is 36.0 Å². The third-order valence-electron chi connectivity index (χ3n) is 2.88. The summed E-state index contributed by atoms with van der Waals surface area (Å²) in [5, 5.41) is 11.5. The Kier molecular flexibility index (Phi) is 5.33. The fourth-order valence-corrected chi connectivity index (χ4v) is 1.69. The van der Waals surface area contributed by atoms with Gasteiger partial charge >= 0.3 is 12.1 Å². The van der Waals surface area contributed by atoms with Crippen LogP contribution in [0.2, 0.25) is 0 Å². The Morgan fingerprint density at radius 1 is 1.26 bits per heavy atom. The Morgan fingerprint density at radius 2 is 1.83 bits per heavy atom. The highest BCUT2D eigenvalue weighted by atomic mass is 19.4. The standard InChI is InChI=1S/C13H13F3N2O5/c1-23-11(21)12(22,13(14,15)16)6-9(19)18-8-5-3-2-4-7(8)10(17)20/h2-5,22H,6H2,1H3,(H2,17,20)(H,18,19). The van der Waals surface area contributed by atoms with Crippen molar-refractivity contribution in [3.05, 3.63) is 29.8 Å². The number of carbonyl (C=O) groups excluding carboxylic acids is 3. The van der Waals surface area contributed by atoms with Gasteiger partial charge in [-0.05, 0) is 12.1 Å². The van der Waals surface area contributed by atoms with Crippen molar-refractivity contribution < 1.29 is 37.4 Å². The molecule has 1 aromatic carbocycles. The van der Waals surface area contributed by atoms with E-state index in [1.165, 1.54) is 24.3 Å². The lowest BCUT2D eigenvalue weighted by Crippen LogP contribution is -2.54. The maximum absolute atomic E-state index is 12.8. The number of rotatable bonds is 5. The van der Waals surface area contributed by atoms with Crippen molar-refractivity contribution in [1.29, 1.82) is 0 Å². The van der Waals surface area contributed by atoms with Crippen LogP contribution in [-0.4, -0.2) is 41.8 Å². The van der Waals surface area contributed by atoms with Crippen LogP contribution in [0.5, 0.6) is 0 Å². The molecule has 0 saturated heterocycles. The average Bonchev–Trinajstić information content (AvgIpc) is 2.45. The van der Waals surface area contributed by atoms with Crippen LogP contribution >= 0.6 is 0 Å². The Bertz CT molecular complexity index is 632. The van der Waals surface area contributed by atoms with Crippen molar-refractivity contribution in [2.45, 2.75) is 18.2 Å². The number of para-hydroxylation sites is 1. The van der Waals surface area contributed by atoms with Gasteiger partial charge in [-0.15, -0.1) is 0 Å². The number of primary amides is 1. The van der Waals surface area contributed by atoms with Gasteiger partial charge in [-0.2, -0.15) is 13.2 Å². The third-order valence-corrected chi connectivity index (χ3v) is 2.88. The van der Waals surface area contributed by atoms with Crippen LogP contribution in [0.1, 0.15) is 16.8 Å². The van der Waals surface area contributed by atoms with Gasteiger partial charge in [0.25, 0.3) is 11.5 Å². The number of nitrogens with one attached hydrogen (secondary N) is 1. The molecule has 1 unspecified atom stereocenters. The van der Waals surface area contributed by atoms with Crippen molar-refractivity contribution in [2.75, 3.05) is 12.4 Å². The molecule has 0 saturated carbocycles. The lowest BCUT2D eigenvalue weighted by atomic mass is 9.98. The van der Waals surface area contributed by atoms with Crippen LogP contribution in [0.4, 0.5) is 18.9 Å². The highest BCUT2D eigenvalue weighted by molar-refractivity contribution is 6.04. The van der Waals surface area contributed by atoms with E-state index >= 15 is 0 Å². The molecule has 1 rings (SSSR count). The maximum atomic E-state index is 12.8. The molecular formula is C13H13F3N2O5. The van der Waals surface area contributed by atoms with Gasteiger partial charge in [0.2, 0.25) is 5.91 Å². The molecule has 4 N–H and O–H groups in total. The van der Waals surface area contributed by atoms with E-state index in [-0.39, 0.29) is 11.3 Å². The number of alkyl halides is 3. The number of aliphatic hydroxyl groups is 1. The van der Waals surface area contributed by atoms with Crippen LogP contribution in [0.3, 0.4) is 0 Å². The molecule has 0 spiro atoms. The molecule has 0 fully saturated rings. The molecule has 1 atom stereocenters. The van der Waals surface area contributed by atoms with Crippen LogP contribution in [0.15, 0.2) is 24.3 Å². The molecule has 7 nitrogen and oxygen atoms in total. The largest absolute Gasteiger partial charge is 0.467 e. The Morgan fingerprint density at radius 3 is 2.30 bits per heavy atom. The number of amides is 2. The number of hydrogen-bond donors (Lipinski definition) is 3. The minimum Gasteiger partial charge on any atom is -0.467 e. The van der Waals surface area contributed by atoms with E-state index in [0.717, 1.165) is 0 Å². The van der Waals surface area contributed by atoms with Crippen molar-refractivity contribution in [3.63, 3.8) is 0 Å². The molecule has 0 radical (unpaired) electrons. The van der Waals surface area contributed by atoms with Gasteiger partial charge in [0.15, 0.2) is 0 Å². The molecule has 0 heterocycles. The molecule has 0 aromatic heterocycles. The van der Waals surface area contributed by atoms with Gasteiger partial charge in [0.05, 0.1) is 24.8 Å². The van der Waals surface area contributed by atoms with Crippen LogP contribution in [0.25, 0.3) is 0 Å².